The van der Waals surface area contributed by atoms with Gasteiger partial charge in [0, 0.05) is 18.1 Å². The maximum absolute atomic E-state index is 12.0. The number of fused-ring (bicyclic) bond motifs is 1. The van der Waals surface area contributed by atoms with Crippen LogP contribution in [-0.4, -0.2) is 23.8 Å². The number of ether oxygens (including phenoxy) is 2. The number of rotatable bonds is 6. The van der Waals surface area contributed by atoms with Crippen molar-refractivity contribution in [2.75, 3.05) is 6.61 Å². The van der Waals surface area contributed by atoms with Gasteiger partial charge >= 0.3 is 0 Å². The molecule has 1 N–H and O–H groups in total. The van der Waals surface area contributed by atoms with Crippen molar-refractivity contribution in [3.63, 3.8) is 0 Å². The lowest BCUT2D eigenvalue weighted by Crippen LogP contribution is -2.28. The van der Waals surface area contributed by atoms with Gasteiger partial charge in [0.2, 0.25) is 0 Å². The van der Waals surface area contributed by atoms with Gasteiger partial charge < -0.3 is 19.3 Å². The largest absolute Gasteiger partial charge is 0.490 e. The van der Waals surface area contributed by atoms with E-state index in [1.165, 1.54) is 5.56 Å². The van der Waals surface area contributed by atoms with Crippen LogP contribution in [-0.2, 0) is 17.8 Å². The molecule has 0 radical (unpaired) electrons. The molecule has 1 aliphatic heterocycles. The lowest BCUT2D eigenvalue weighted by atomic mass is 10.1. The number of carbonyl (C=O) groups is 1. The van der Waals surface area contributed by atoms with E-state index in [-0.39, 0.29) is 25.2 Å². The van der Waals surface area contributed by atoms with Crippen molar-refractivity contribution in [3.8, 4) is 22.8 Å². The Bertz CT molecular complexity index is 996. The Morgan fingerprint density at radius 2 is 2.14 bits per heavy atom. The van der Waals surface area contributed by atoms with Gasteiger partial charge in [-0.15, -0.1) is 0 Å². The summed E-state index contributed by atoms with van der Waals surface area (Å²) in [6, 6.07) is 15.4. The molecule has 0 saturated carbocycles. The van der Waals surface area contributed by atoms with Gasteiger partial charge in [-0.2, -0.15) is 0 Å². The number of hydrogen-bond acceptors (Lipinski definition) is 5. The lowest BCUT2D eigenvalue weighted by Gasteiger charge is -2.06. The first kappa shape index (κ1) is 18.1. The van der Waals surface area contributed by atoms with Gasteiger partial charge in [0.15, 0.2) is 12.4 Å². The van der Waals surface area contributed by atoms with Crippen molar-refractivity contribution in [1.29, 1.82) is 0 Å². The highest BCUT2D eigenvalue weighted by Gasteiger charge is 2.20. The second kappa shape index (κ2) is 7.76. The predicted molar refractivity (Wildman–Crippen MR) is 104 cm³/mol. The van der Waals surface area contributed by atoms with E-state index in [2.05, 4.69) is 23.5 Å². The minimum absolute atomic E-state index is 0.0445. The second-order valence-electron chi connectivity index (χ2n) is 7.02. The number of aryl methyl sites for hydroxylation is 1. The Kier molecular flexibility index (Phi) is 5.02. The van der Waals surface area contributed by atoms with Crippen molar-refractivity contribution >= 4 is 5.91 Å². The van der Waals surface area contributed by atoms with Gasteiger partial charge in [-0.25, -0.2) is 0 Å². The van der Waals surface area contributed by atoms with Crippen LogP contribution in [0.15, 0.2) is 53.1 Å². The molecule has 6 nitrogen and oxygen atoms in total. The van der Waals surface area contributed by atoms with E-state index in [9.17, 15) is 4.79 Å². The normalized spacial score (nSPS) is 15.0. The van der Waals surface area contributed by atoms with E-state index in [1.54, 1.807) is 0 Å². The summed E-state index contributed by atoms with van der Waals surface area (Å²) in [5, 5.41) is 6.83. The molecule has 0 aliphatic carbocycles. The molecule has 6 heteroatoms. The highest BCUT2D eigenvalue weighted by molar-refractivity contribution is 5.77. The summed E-state index contributed by atoms with van der Waals surface area (Å²) in [6.07, 6.45) is 1.09. The van der Waals surface area contributed by atoms with Crippen LogP contribution in [0.1, 0.15) is 23.7 Å². The Hall–Kier alpha value is -3.28. The fourth-order valence-electron chi connectivity index (χ4n) is 3.20. The average molecular weight is 378 g/mol. The summed E-state index contributed by atoms with van der Waals surface area (Å²) in [4.78, 5) is 12.0. The quantitative estimate of drug-likeness (QED) is 0.708. The van der Waals surface area contributed by atoms with Gasteiger partial charge in [-0.3, -0.25) is 4.79 Å². The van der Waals surface area contributed by atoms with E-state index >= 15 is 0 Å². The number of nitrogens with zero attached hydrogens (tertiary/aromatic N) is 1. The molecule has 2 heterocycles. The third kappa shape index (κ3) is 4.17. The molecule has 1 atom stereocenters. The van der Waals surface area contributed by atoms with Crippen molar-refractivity contribution in [2.24, 2.45) is 0 Å². The SMILES string of the molecule is Cc1cccc(OCC(=O)NCc2cc(-c3ccc4c(c3)CC(C)O4)on2)c1. The number of hydrogen-bond donors (Lipinski definition) is 1. The first-order chi connectivity index (χ1) is 13.6. The number of aromatic nitrogens is 1. The van der Waals surface area contributed by atoms with Crippen LogP contribution in [0.5, 0.6) is 11.5 Å². The molecule has 1 unspecified atom stereocenters. The average Bonchev–Trinajstić information content (AvgIpc) is 3.29. The fourth-order valence-corrected chi connectivity index (χ4v) is 3.20. The molecule has 4 rings (SSSR count). The molecule has 2 aromatic carbocycles. The summed E-state index contributed by atoms with van der Waals surface area (Å²) in [5.74, 6) is 2.06. The minimum Gasteiger partial charge on any atom is -0.490 e. The Labute approximate surface area is 163 Å². The first-order valence-electron chi connectivity index (χ1n) is 9.28. The summed E-state index contributed by atoms with van der Waals surface area (Å²) in [6.45, 7) is 4.27. The number of benzene rings is 2. The highest BCUT2D eigenvalue weighted by atomic mass is 16.5. The molecule has 0 spiro atoms. The van der Waals surface area contributed by atoms with Gasteiger partial charge in [0.25, 0.3) is 5.91 Å². The molecule has 0 fully saturated rings. The Balaban J connectivity index is 1.31. The highest BCUT2D eigenvalue weighted by Crippen LogP contribution is 2.33. The summed E-state index contributed by atoms with van der Waals surface area (Å²) in [7, 11) is 0. The third-order valence-corrected chi connectivity index (χ3v) is 4.57. The van der Waals surface area contributed by atoms with Crippen molar-refractivity contribution in [1.82, 2.24) is 10.5 Å². The van der Waals surface area contributed by atoms with Gasteiger partial charge in [-0.1, -0.05) is 17.3 Å². The maximum Gasteiger partial charge on any atom is 0.258 e. The standard InChI is InChI=1S/C22H22N2O4/c1-14-4-3-5-19(8-14)26-13-22(25)23-12-18-11-21(28-24-18)16-6-7-20-17(10-16)9-15(2)27-20/h3-8,10-11,15H,9,12-13H2,1-2H3,(H,23,25). The Morgan fingerprint density at radius 1 is 1.25 bits per heavy atom. The van der Waals surface area contributed by atoms with Crippen LogP contribution in [0.3, 0.4) is 0 Å². The van der Waals surface area contributed by atoms with Gasteiger partial charge in [-0.05, 0) is 55.3 Å². The minimum atomic E-state index is -0.213. The van der Waals surface area contributed by atoms with E-state index in [1.807, 2.05) is 49.4 Å². The van der Waals surface area contributed by atoms with Crippen LogP contribution >= 0.6 is 0 Å². The second-order valence-corrected chi connectivity index (χ2v) is 7.02. The molecule has 28 heavy (non-hydrogen) atoms. The van der Waals surface area contributed by atoms with Crippen LogP contribution in [0.25, 0.3) is 11.3 Å². The topological polar surface area (TPSA) is 73.6 Å². The summed E-state index contributed by atoms with van der Waals surface area (Å²) >= 11 is 0. The Morgan fingerprint density at radius 3 is 3.00 bits per heavy atom. The summed E-state index contributed by atoms with van der Waals surface area (Å²) in [5.41, 5.74) is 3.86. The molecule has 3 aromatic rings. The molecular formula is C22H22N2O4. The van der Waals surface area contributed by atoms with Crippen LogP contribution < -0.4 is 14.8 Å². The zero-order valence-electron chi connectivity index (χ0n) is 15.9. The number of amides is 1. The number of carbonyl (C=O) groups excluding carboxylic acids is 1. The van der Waals surface area contributed by atoms with Crippen molar-refractivity contribution < 1.29 is 18.8 Å². The van der Waals surface area contributed by atoms with Gasteiger partial charge in [0.1, 0.15) is 23.3 Å². The predicted octanol–water partition coefficient (Wildman–Crippen LogP) is 3.67. The van der Waals surface area contributed by atoms with Crippen molar-refractivity contribution in [2.45, 2.75) is 32.9 Å². The third-order valence-electron chi connectivity index (χ3n) is 4.57. The molecule has 1 aromatic heterocycles. The van der Waals surface area contributed by atoms with E-state index < -0.39 is 0 Å². The van der Waals surface area contributed by atoms with Crippen LogP contribution in [0.2, 0.25) is 0 Å². The van der Waals surface area contributed by atoms with E-state index in [4.69, 9.17) is 14.0 Å². The van der Waals surface area contributed by atoms with Crippen LogP contribution in [0.4, 0.5) is 0 Å². The van der Waals surface area contributed by atoms with Crippen molar-refractivity contribution in [3.05, 3.63) is 65.4 Å². The molecular weight excluding hydrogens is 356 g/mol. The van der Waals surface area contributed by atoms with Gasteiger partial charge in [0.05, 0.1) is 6.54 Å². The number of nitrogens with one attached hydrogen (secondary N) is 1. The molecule has 1 amide bonds. The molecule has 1 aliphatic rings. The van der Waals surface area contributed by atoms with E-state index in [0.717, 1.165) is 23.3 Å². The molecule has 0 saturated heterocycles. The summed E-state index contributed by atoms with van der Waals surface area (Å²) < 4.78 is 16.7. The smallest absolute Gasteiger partial charge is 0.258 e. The zero-order valence-corrected chi connectivity index (χ0v) is 15.9. The monoisotopic (exact) mass is 378 g/mol. The molecule has 144 valence electrons. The fraction of sp³-hybridized carbons (Fsp3) is 0.273. The lowest BCUT2D eigenvalue weighted by molar-refractivity contribution is -0.123. The van der Waals surface area contributed by atoms with Crippen LogP contribution in [0, 0.1) is 6.92 Å². The zero-order chi connectivity index (χ0) is 19.5. The molecule has 0 bridgehead atoms. The maximum atomic E-state index is 12.0. The first-order valence-corrected chi connectivity index (χ1v) is 9.28. The van der Waals surface area contributed by atoms with E-state index in [0.29, 0.717) is 17.2 Å².